The monoisotopic (exact) mass is 202 g/mol. The number of phenols is 1. The van der Waals surface area contributed by atoms with Crippen LogP contribution >= 0.6 is 0 Å². The highest BCUT2D eigenvalue weighted by Crippen LogP contribution is 2.28. The number of aryl methyl sites for hydroxylation is 2. The van der Waals surface area contributed by atoms with Crippen LogP contribution in [0.25, 0.3) is 11.4 Å². The molecular weight excluding hydrogens is 192 g/mol. The predicted molar refractivity (Wildman–Crippen MR) is 54.2 cm³/mol. The Morgan fingerprint density at radius 1 is 1.00 bits per heavy atom. The van der Waals surface area contributed by atoms with Crippen LogP contribution < -0.4 is 0 Å². The van der Waals surface area contributed by atoms with Gasteiger partial charge in [-0.05, 0) is 25.5 Å². The quantitative estimate of drug-likeness (QED) is 0.753. The summed E-state index contributed by atoms with van der Waals surface area (Å²) in [6, 6.07) is 5.37. The van der Waals surface area contributed by atoms with E-state index in [1.165, 1.54) is 0 Å². The zero-order chi connectivity index (χ0) is 10.8. The van der Waals surface area contributed by atoms with E-state index in [0.29, 0.717) is 17.2 Å². The first-order valence-electron chi connectivity index (χ1n) is 4.51. The predicted octanol–water partition coefficient (Wildman–Crippen LogP) is 1.26. The number of hydrogen-bond acceptors (Lipinski definition) is 5. The molecule has 0 aliphatic rings. The zero-order valence-corrected chi connectivity index (χ0v) is 8.47. The fourth-order valence-electron chi connectivity index (χ4n) is 1.23. The second kappa shape index (κ2) is 3.61. The Labute approximate surface area is 86.8 Å². The van der Waals surface area contributed by atoms with Crippen molar-refractivity contribution in [1.29, 1.82) is 0 Å². The van der Waals surface area contributed by atoms with E-state index in [1.54, 1.807) is 13.0 Å². The normalized spacial score (nSPS) is 10.3. The van der Waals surface area contributed by atoms with E-state index in [-0.39, 0.29) is 5.75 Å². The summed E-state index contributed by atoms with van der Waals surface area (Å²) in [5.41, 5.74) is 1.33. The summed E-state index contributed by atoms with van der Waals surface area (Å²) in [5.74, 6) is 1.01. The molecule has 2 rings (SSSR count). The summed E-state index contributed by atoms with van der Waals surface area (Å²) in [6.45, 7) is 3.52. The maximum Gasteiger partial charge on any atom is 0.207 e. The van der Waals surface area contributed by atoms with Gasteiger partial charge in [0.1, 0.15) is 5.75 Å². The van der Waals surface area contributed by atoms with Gasteiger partial charge in [-0.3, -0.25) is 0 Å². The van der Waals surface area contributed by atoms with E-state index in [4.69, 9.17) is 0 Å². The molecule has 1 N–H and O–H groups in total. The van der Waals surface area contributed by atoms with Crippen molar-refractivity contribution < 1.29 is 5.11 Å². The van der Waals surface area contributed by atoms with Crippen LogP contribution in [0.1, 0.15) is 11.4 Å². The largest absolute Gasteiger partial charge is 0.507 e. The van der Waals surface area contributed by atoms with Crippen molar-refractivity contribution in [2.75, 3.05) is 0 Å². The number of para-hydroxylation sites is 1. The average Bonchev–Trinajstić information content (AvgIpc) is 2.24. The lowest BCUT2D eigenvalue weighted by Crippen LogP contribution is -1.98. The third-order valence-corrected chi connectivity index (χ3v) is 2.06. The fourth-order valence-corrected chi connectivity index (χ4v) is 1.23. The fraction of sp³-hybridized carbons (Fsp3) is 0.200. The number of aromatic nitrogens is 4. The van der Waals surface area contributed by atoms with Gasteiger partial charge in [-0.1, -0.05) is 12.1 Å². The van der Waals surface area contributed by atoms with Gasteiger partial charge < -0.3 is 5.11 Å². The van der Waals surface area contributed by atoms with E-state index in [9.17, 15) is 5.11 Å². The van der Waals surface area contributed by atoms with Crippen molar-refractivity contribution in [3.8, 4) is 17.1 Å². The second-order valence-electron chi connectivity index (χ2n) is 3.24. The maximum atomic E-state index is 9.78. The van der Waals surface area contributed by atoms with Gasteiger partial charge in [0.2, 0.25) is 5.82 Å². The Morgan fingerprint density at radius 3 is 2.33 bits per heavy atom. The van der Waals surface area contributed by atoms with Crippen LogP contribution in [-0.2, 0) is 0 Å². The standard InChI is InChI=1S/C10H10N4O/c1-6-4-3-5-8(9(6)15)10-13-11-7(2)12-14-10/h3-5,15H,1-2H3. The van der Waals surface area contributed by atoms with E-state index in [1.807, 2.05) is 19.1 Å². The highest BCUT2D eigenvalue weighted by molar-refractivity contribution is 5.64. The molecule has 0 bridgehead atoms. The Hall–Kier alpha value is -2.04. The minimum atomic E-state index is 0.171. The highest BCUT2D eigenvalue weighted by atomic mass is 16.3. The second-order valence-corrected chi connectivity index (χ2v) is 3.24. The summed E-state index contributed by atoms with van der Waals surface area (Å²) < 4.78 is 0. The van der Waals surface area contributed by atoms with Crippen LogP contribution in [0.3, 0.4) is 0 Å². The maximum absolute atomic E-state index is 9.78. The smallest absolute Gasteiger partial charge is 0.207 e. The molecular formula is C10H10N4O. The minimum Gasteiger partial charge on any atom is -0.507 e. The number of hydrogen-bond donors (Lipinski definition) is 1. The molecule has 5 heteroatoms. The summed E-state index contributed by atoms with van der Waals surface area (Å²) in [7, 11) is 0. The molecule has 15 heavy (non-hydrogen) atoms. The van der Waals surface area contributed by atoms with Crippen molar-refractivity contribution in [3.63, 3.8) is 0 Å². The first-order chi connectivity index (χ1) is 7.18. The van der Waals surface area contributed by atoms with Crippen molar-refractivity contribution >= 4 is 0 Å². The molecule has 1 aromatic heterocycles. The Morgan fingerprint density at radius 2 is 1.67 bits per heavy atom. The molecule has 0 saturated carbocycles. The third kappa shape index (κ3) is 1.76. The first-order valence-corrected chi connectivity index (χ1v) is 4.51. The van der Waals surface area contributed by atoms with Gasteiger partial charge in [-0.15, -0.1) is 20.4 Å². The van der Waals surface area contributed by atoms with Crippen LogP contribution in [0.5, 0.6) is 5.75 Å². The zero-order valence-electron chi connectivity index (χ0n) is 8.47. The summed E-state index contributed by atoms with van der Waals surface area (Å²) in [5, 5.41) is 25.1. The minimum absolute atomic E-state index is 0.171. The summed E-state index contributed by atoms with van der Waals surface area (Å²) >= 11 is 0. The molecule has 0 aliphatic heterocycles. The lowest BCUT2D eigenvalue weighted by atomic mass is 10.1. The van der Waals surface area contributed by atoms with Gasteiger partial charge in [-0.2, -0.15) is 0 Å². The van der Waals surface area contributed by atoms with Crippen molar-refractivity contribution in [3.05, 3.63) is 29.6 Å². The molecule has 0 spiro atoms. The molecule has 5 nitrogen and oxygen atoms in total. The molecule has 0 saturated heterocycles. The Balaban J connectivity index is 2.54. The topological polar surface area (TPSA) is 71.8 Å². The molecule has 0 atom stereocenters. The molecule has 1 aromatic carbocycles. The van der Waals surface area contributed by atoms with Gasteiger partial charge in [0, 0.05) is 0 Å². The number of benzene rings is 1. The van der Waals surface area contributed by atoms with Crippen LogP contribution in [0.15, 0.2) is 18.2 Å². The van der Waals surface area contributed by atoms with Crippen molar-refractivity contribution in [2.45, 2.75) is 13.8 Å². The van der Waals surface area contributed by atoms with Crippen LogP contribution in [0.2, 0.25) is 0 Å². The van der Waals surface area contributed by atoms with Crippen molar-refractivity contribution in [1.82, 2.24) is 20.4 Å². The number of rotatable bonds is 1. The van der Waals surface area contributed by atoms with Crippen LogP contribution in [0, 0.1) is 13.8 Å². The molecule has 0 fully saturated rings. The molecule has 0 radical (unpaired) electrons. The highest BCUT2D eigenvalue weighted by Gasteiger charge is 2.09. The molecule has 0 amide bonds. The van der Waals surface area contributed by atoms with E-state index < -0.39 is 0 Å². The van der Waals surface area contributed by atoms with E-state index in [0.717, 1.165) is 5.56 Å². The summed E-state index contributed by atoms with van der Waals surface area (Å²) in [6.07, 6.45) is 0. The molecule has 1 heterocycles. The average molecular weight is 202 g/mol. The van der Waals surface area contributed by atoms with Crippen LogP contribution in [0.4, 0.5) is 0 Å². The Bertz CT molecular complexity index is 481. The van der Waals surface area contributed by atoms with Crippen LogP contribution in [-0.4, -0.2) is 25.5 Å². The van der Waals surface area contributed by atoms with Gasteiger partial charge in [0.05, 0.1) is 5.56 Å². The molecule has 76 valence electrons. The SMILES string of the molecule is Cc1nnc(-c2cccc(C)c2O)nn1. The lowest BCUT2D eigenvalue weighted by Gasteiger charge is -2.03. The molecule has 0 unspecified atom stereocenters. The van der Waals surface area contributed by atoms with Crippen molar-refractivity contribution in [2.24, 2.45) is 0 Å². The number of nitrogens with zero attached hydrogens (tertiary/aromatic N) is 4. The Kier molecular flexibility index (Phi) is 2.29. The number of aromatic hydroxyl groups is 1. The lowest BCUT2D eigenvalue weighted by molar-refractivity contribution is 0.472. The van der Waals surface area contributed by atoms with Gasteiger partial charge >= 0.3 is 0 Å². The van der Waals surface area contributed by atoms with Gasteiger partial charge in [0.25, 0.3) is 0 Å². The van der Waals surface area contributed by atoms with Gasteiger partial charge in [-0.25, -0.2) is 0 Å². The first kappa shape index (κ1) is 9.51. The molecule has 2 aromatic rings. The third-order valence-electron chi connectivity index (χ3n) is 2.06. The van der Waals surface area contributed by atoms with E-state index >= 15 is 0 Å². The molecule has 0 aliphatic carbocycles. The van der Waals surface area contributed by atoms with E-state index in [2.05, 4.69) is 20.4 Å². The van der Waals surface area contributed by atoms with Gasteiger partial charge in [0.15, 0.2) is 5.82 Å². The summed E-state index contributed by atoms with van der Waals surface area (Å²) in [4.78, 5) is 0. The number of phenolic OH excluding ortho intramolecular Hbond substituents is 1.